The molecule has 7 heteroatoms. The van der Waals surface area contributed by atoms with Crippen molar-refractivity contribution < 1.29 is 18.0 Å². The van der Waals surface area contributed by atoms with E-state index in [1.807, 2.05) is 0 Å². The van der Waals surface area contributed by atoms with Gasteiger partial charge in [-0.15, -0.1) is 0 Å². The van der Waals surface area contributed by atoms with Gasteiger partial charge in [-0.25, -0.2) is 13.2 Å². The predicted octanol–water partition coefficient (Wildman–Crippen LogP) is 2.64. The number of nitrogen functional groups attached to an aromatic ring is 1. The highest BCUT2D eigenvalue weighted by molar-refractivity contribution is 6.08. The summed E-state index contributed by atoms with van der Waals surface area (Å²) in [4.78, 5) is 12.0. The van der Waals surface area contributed by atoms with E-state index in [1.54, 1.807) is 12.1 Å². The lowest BCUT2D eigenvalue weighted by molar-refractivity contribution is 0.102. The first-order valence-corrected chi connectivity index (χ1v) is 5.54. The van der Waals surface area contributed by atoms with Crippen molar-refractivity contribution in [2.24, 2.45) is 5.84 Å². The molecule has 0 aliphatic heterocycles. The van der Waals surface area contributed by atoms with E-state index in [4.69, 9.17) is 5.84 Å². The molecule has 0 spiro atoms. The van der Waals surface area contributed by atoms with Crippen LogP contribution in [0.3, 0.4) is 0 Å². The Labute approximate surface area is 112 Å². The normalized spacial score (nSPS) is 10.2. The first kappa shape index (κ1) is 13.9. The molecule has 4 N–H and O–H groups in total. The van der Waals surface area contributed by atoms with Gasteiger partial charge in [0.05, 0.1) is 16.9 Å². The highest BCUT2D eigenvalue weighted by Gasteiger charge is 2.15. The standard InChI is InChI=1S/C13H10F3N3O/c14-8-5-10(16)12(6-9(8)15)18-13(20)7-3-1-2-4-11(7)19-17/h1-6,19H,17H2,(H,18,20). The van der Waals surface area contributed by atoms with Gasteiger partial charge in [0.2, 0.25) is 0 Å². The topological polar surface area (TPSA) is 67.1 Å². The minimum atomic E-state index is -1.33. The van der Waals surface area contributed by atoms with Gasteiger partial charge in [0.15, 0.2) is 11.6 Å². The highest BCUT2D eigenvalue weighted by Crippen LogP contribution is 2.21. The number of halogens is 3. The number of nitrogens with two attached hydrogens (primary N) is 1. The number of carbonyl (C=O) groups excluding carboxylic acids is 1. The number of hydrogen-bond acceptors (Lipinski definition) is 3. The van der Waals surface area contributed by atoms with Crippen LogP contribution >= 0.6 is 0 Å². The zero-order valence-corrected chi connectivity index (χ0v) is 10.1. The minimum absolute atomic E-state index is 0.138. The Morgan fingerprint density at radius 1 is 0.950 bits per heavy atom. The second-order valence-corrected chi connectivity index (χ2v) is 3.89. The summed E-state index contributed by atoms with van der Waals surface area (Å²) >= 11 is 0. The lowest BCUT2D eigenvalue weighted by atomic mass is 10.1. The van der Waals surface area contributed by atoms with Crippen molar-refractivity contribution in [3.8, 4) is 0 Å². The van der Waals surface area contributed by atoms with Crippen molar-refractivity contribution in [1.29, 1.82) is 0 Å². The molecule has 2 rings (SSSR count). The van der Waals surface area contributed by atoms with E-state index in [0.717, 1.165) is 0 Å². The summed E-state index contributed by atoms with van der Waals surface area (Å²) in [6, 6.07) is 7.14. The molecule has 0 bridgehead atoms. The first-order valence-electron chi connectivity index (χ1n) is 5.54. The van der Waals surface area contributed by atoms with Crippen LogP contribution in [0.4, 0.5) is 24.5 Å². The Kier molecular flexibility index (Phi) is 3.90. The average Bonchev–Trinajstić information content (AvgIpc) is 2.44. The summed E-state index contributed by atoms with van der Waals surface area (Å²) < 4.78 is 39.2. The molecule has 1 amide bonds. The third-order valence-corrected chi connectivity index (χ3v) is 2.59. The van der Waals surface area contributed by atoms with Crippen LogP contribution in [0.2, 0.25) is 0 Å². The Bertz CT molecular complexity index is 661. The molecule has 0 saturated carbocycles. The van der Waals surface area contributed by atoms with Crippen molar-refractivity contribution >= 4 is 17.3 Å². The fourth-order valence-corrected chi connectivity index (χ4v) is 1.61. The Morgan fingerprint density at radius 3 is 2.30 bits per heavy atom. The fourth-order valence-electron chi connectivity index (χ4n) is 1.61. The highest BCUT2D eigenvalue weighted by atomic mass is 19.2. The van der Waals surface area contributed by atoms with Crippen LogP contribution in [0.15, 0.2) is 36.4 Å². The molecule has 0 fully saturated rings. The summed E-state index contributed by atoms with van der Waals surface area (Å²) in [6.45, 7) is 0. The number of benzene rings is 2. The zero-order chi connectivity index (χ0) is 14.7. The van der Waals surface area contributed by atoms with Crippen molar-refractivity contribution in [3.63, 3.8) is 0 Å². The molecule has 4 nitrogen and oxygen atoms in total. The van der Waals surface area contributed by atoms with Crippen LogP contribution in [0.25, 0.3) is 0 Å². The number of para-hydroxylation sites is 1. The lowest BCUT2D eigenvalue weighted by Gasteiger charge is -2.10. The van der Waals surface area contributed by atoms with Crippen molar-refractivity contribution in [2.45, 2.75) is 0 Å². The lowest BCUT2D eigenvalue weighted by Crippen LogP contribution is -2.18. The van der Waals surface area contributed by atoms with Gasteiger partial charge in [0.25, 0.3) is 5.91 Å². The maximum atomic E-state index is 13.4. The van der Waals surface area contributed by atoms with Crippen molar-refractivity contribution in [1.82, 2.24) is 0 Å². The second-order valence-electron chi connectivity index (χ2n) is 3.89. The number of rotatable bonds is 3. The van der Waals surface area contributed by atoms with E-state index in [0.29, 0.717) is 17.8 Å². The quantitative estimate of drug-likeness (QED) is 0.460. The van der Waals surface area contributed by atoms with Gasteiger partial charge in [-0.1, -0.05) is 12.1 Å². The second kappa shape index (κ2) is 5.62. The predicted molar refractivity (Wildman–Crippen MR) is 68.5 cm³/mol. The molecule has 0 atom stereocenters. The molecule has 0 aromatic heterocycles. The van der Waals surface area contributed by atoms with Crippen LogP contribution in [0.5, 0.6) is 0 Å². The van der Waals surface area contributed by atoms with Crippen LogP contribution in [0, 0.1) is 17.5 Å². The molecule has 0 unspecified atom stereocenters. The molecule has 0 aliphatic carbocycles. The minimum Gasteiger partial charge on any atom is -0.323 e. The summed E-state index contributed by atoms with van der Waals surface area (Å²) in [5.41, 5.74) is 2.30. The fraction of sp³-hybridized carbons (Fsp3) is 0. The molecule has 2 aromatic rings. The van der Waals surface area contributed by atoms with E-state index in [2.05, 4.69) is 10.7 Å². The first-order chi connectivity index (χ1) is 9.52. The van der Waals surface area contributed by atoms with Gasteiger partial charge in [-0.2, -0.15) is 0 Å². The Hall–Kier alpha value is -2.54. The largest absolute Gasteiger partial charge is 0.323 e. The summed E-state index contributed by atoms with van der Waals surface area (Å²) in [5, 5.41) is 2.15. The summed E-state index contributed by atoms with van der Waals surface area (Å²) in [7, 11) is 0. The van der Waals surface area contributed by atoms with Crippen LogP contribution < -0.4 is 16.6 Å². The molecule has 0 radical (unpaired) electrons. The molecule has 20 heavy (non-hydrogen) atoms. The Morgan fingerprint density at radius 2 is 1.60 bits per heavy atom. The van der Waals surface area contributed by atoms with Crippen molar-refractivity contribution in [2.75, 3.05) is 10.7 Å². The number of amides is 1. The van der Waals surface area contributed by atoms with Crippen LogP contribution in [-0.2, 0) is 0 Å². The number of anilines is 2. The number of hydrazine groups is 1. The van der Waals surface area contributed by atoms with Gasteiger partial charge in [0.1, 0.15) is 5.82 Å². The van der Waals surface area contributed by atoms with E-state index in [9.17, 15) is 18.0 Å². The summed E-state index contributed by atoms with van der Waals surface area (Å²) in [6.07, 6.45) is 0. The molecule has 104 valence electrons. The van der Waals surface area contributed by atoms with Crippen molar-refractivity contribution in [3.05, 3.63) is 59.4 Å². The van der Waals surface area contributed by atoms with E-state index in [1.165, 1.54) is 12.1 Å². The average molecular weight is 281 g/mol. The number of hydrogen-bond donors (Lipinski definition) is 3. The van der Waals surface area contributed by atoms with E-state index in [-0.39, 0.29) is 5.56 Å². The van der Waals surface area contributed by atoms with Gasteiger partial charge in [-0.05, 0) is 12.1 Å². The number of nitrogens with one attached hydrogen (secondary N) is 2. The van der Waals surface area contributed by atoms with E-state index >= 15 is 0 Å². The maximum Gasteiger partial charge on any atom is 0.257 e. The molecular weight excluding hydrogens is 271 g/mol. The molecule has 0 heterocycles. The van der Waals surface area contributed by atoms with Crippen LogP contribution in [0.1, 0.15) is 10.4 Å². The third-order valence-electron chi connectivity index (χ3n) is 2.59. The number of carbonyl (C=O) groups is 1. The van der Waals surface area contributed by atoms with E-state index < -0.39 is 29.0 Å². The van der Waals surface area contributed by atoms with Gasteiger partial charge in [-0.3, -0.25) is 10.6 Å². The maximum absolute atomic E-state index is 13.4. The van der Waals surface area contributed by atoms with Gasteiger partial charge >= 0.3 is 0 Å². The van der Waals surface area contributed by atoms with Gasteiger partial charge in [0, 0.05) is 12.1 Å². The third kappa shape index (κ3) is 2.72. The van der Waals surface area contributed by atoms with Gasteiger partial charge < -0.3 is 10.7 Å². The van der Waals surface area contributed by atoms with Crippen LogP contribution in [-0.4, -0.2) is 5.91 Å². The zero-order valence-electron chi connectivity index (χ0n) is 10.1. The molecule has 0 aliphatic rings. The molecule has 2 aromatic carbocycles. The monoisotopic (exact) mass is 281 g/mol. The SMILES string of the molecule is NNc1ccccc1C(=O)Nc1cc(F)c(F)cc1F. The Balaban J connectivity index is 2.30. The molecular formula is C13H10F3N3O. The smallest absolute Gasteiger partial charge is 0.257 e. The summed E-state index contributed by atoms with van der Waals surface area (Å²) in [5.74, 6) is 0.877. The molecule has 0 saturated heterocycles.